The summed E-state index contributed by atoms with van der Waals surface area (Å²) in [6.45, 7) is 6.18. The predicted molar refractivity (Wildman–Crippen MR) is 70.9 cm³/mol. The van der Waals surface area contributed by atoms with Gasteiger partial charge in [0.15, 0.2) is 0 Å². The second-order valence-corrected chi connectivity index (χ2v) is 5.54. The van der Waals surface area contributed by atoms with Crippen LogP contribution in [-0.4, -0.2) is 30.6 Å². The third-order valence-corrected chi connectivity index (χ3v) is 4.42. The topological polar surface area (TPSA) is 15.3 Å². The lowest BCUT2D eigenvalue weighted by Gasteiger charge is -2.46. The molecule has 3 fully saturated rings. The zero-order valence-corrected chi connectivity index (χ0v) is 10.6. The van der Waals surface area contributed by atoms with E-state index in [2.05, 4.69) is 47.5 Å². The van der Waals surface area contributed by atoms with Gasteiger partial charge in [-0.1, -0.05) is 30.3 Å². The second kappa shape index (κ2) is 4.79. The average molecular weight is 230 g/mol. The number of benzene rings is 1. The molecule has 2 atom stereocenters. The Morgan fingerprint density at radius 3 is 2.47 bits per heavy atom. The van der Waals surface area contributed by atoms with Gasteiger partial charge >= 0.3 is 0 Å². The van der Waals surface area contributed by atoms with Gasteiger partial charge in [-0.05, 0) is 44.3 Å². The highest BCUT2D eigenvalue weighted by molar-refractivity contribution is 5.18. The van der Waals surface area contributed by atoms with Crippen LogP contribution in [0.4, 0.5) is 0 Å². The molecule has 3 saturated heterocycles. The molecule has 92 valence electrons. The molecule has 0 saturated carbocycles. The molecule has 2 nitrogen and oxygen atoms in total. The molecule has 3 aliphatic rings. The minimum absolute atomic E-state index is 0.474. The van der Waals surface area contributed by atoms with Crippen molar-refractivity contribution in [3.05, 3.63) is 35.9 Å². The van der Waals surface area contributed by atoms with Crippen LogP contribution in [0.5, 0.6) is 0 Å². The van der Waals surface area contributed by atoms with Crippen LogP contribution in [0, 0.1) is 5.92 Å². The number of nitrogens with zero attached hydrogens (tertiary/aromatic N) is 1. The maximum atomic E-state index is 3.82. The van der Waals surface area contributed by atoms with E-state index in [9.17, 15) is 0 Å². The van der Waals surface area contributed by atoms with E-state index >= 15 is 0 Å². The molecule has 1 aromatic carbocycles. The van der Waals surface area contributed by atoms with Crippen molar-refractivity contribution in [2.75, 3.05) is 19.6 Å². The molecular formula is C15H22N2. The van der Waals surface area contributed by atoms with E-state index in [4.69, 9.17) is 0 Å². The van der Waals surface area contributed by atoms with E-state index in [-0.39, 0.29) is 0 Å². The minimum Gasteiger partial charge on any atom is -0.306 e. The molecule has 0 radical (unpaired) electrons. The van der Waals surface area contributed by atoms with Crippen LogP contribution in [0.3, 0.4) is 0 Å². The maximum Gasteiger partial charge on any atom is 0.0294 e. The Morgan fingerprint density at radius 2 is 1.88 bits per heavy atom. The van der Waals surface area contributed by atoms with Crippen molar-refractivity contribution in [3.63, 3.8) is 0 Å². The maximum absolute atomic E-state index is 3.82. The molecule has 1 N–H and O–H groups in total. The second-order valence-electron chi connectivity index (χ2n) is 5.54. The first-order valence-corrected chi connectivity index (χ1v) is 6.86. The summed E-state index contributed by atoms with van der Waals surface area (Å²) in [5, 5.41) is 3.82. The van der Waals surface area contributed by atoms with Crippen LogP contribution in [0.2, 0.25) is 0 Å². The van der Waals surface area contributed by atoms with Gasteiger partial charge in [-0.3, -0.25) is 0 Å². The Hall–Kier alpha value is -0.860. The Bertz CT molecular complexity index is 354. The summed E-state index contributed by atoms with van der Waals surface area (Å²) < 4.78 is 0. The normalized spacial score (nSPS) is 33.6. The van der Waals surface area contributed by atoms with Crippen LogP contribution < -0.4 is 5.32 Å². The number of hydrogen-bond acceptors (Lipinski definition) is 2. The number of piperidine rings is 3. The van der Waals surface area contributed by atoms with Crippen LogP contribution in [-0.2, 0) is 0 Å². The lowest BCUT2D eigenvalue weighted by Crippen LogP contribution is -2.56. The first kappa shape index (κ1) is 11.2. The van der Waals surface area contributed by atoms with Gasteiger partial charge in [-0.15, -0.1) is 0 Å². The summed E-state index contributed by atoms with van der Waals surface area (Å²) in [7, 11) is 0. The molecule has 0 spiro atoms. The Kier molecular flexibility index (Phi) is 3.17. The number of rotatable bonds is 3. The highest BCUT2D eigenvalue weighted by Crippen LogP contribution is 2.29. The molecule has 1 aromatic rings. The summed E-state index contributed by atoms with van der Waals surface area (Å²) in [5.41, 5.74) is 1.41. The van der Waals surface area contributed by atoms with Crippen molar-refractivity contribution >= 4 is 0 Å². The van der Waals surface area contributed by atoms with Crippen molar-refractivity contribution in [2.45, 2.75) is 31.8 Å². The van der Waals surface area contributed by atoms with Crippen molar-refractivity contribution in [1.82, 2.24) is 10.2 Å². The molecule has 0 aromatic heterocycles. The lowest BCUT2D eigenvalue weighted by molar-refractivity contribution is 0.0680. The predicted octanol–water partition coefficient (Wildman–Crippen LogP) is 2.43. The molecule has 3 heterocycles. The average Bonchev–Trinajstić information content (AvgIpc) is 2.41. The summed E-state index contributed by atoms with van der Waals surface area (Å²) in [4.78, 5) is 2.61. The first-order chi connectivity index (χ1) is 8.33. The Morgan fingerprint density at radius 1 is 1.18 bits per heavy atom. The van der Waals surface area contributed by atoms with Crippen LogP contribution in [0.15, 0.2) is 30.3 Å². The molecular weight excluding hydrogens is 208 g/mol. The smallest absolute Gasteiger partial charge is 0.0294 e. The van der Waals surface area contributed by atoms with Gasteiger partial charge in [-0.25, -0.2) is 0 Å². The number of hydrogen-bond donors (Lipinski definition) is 1. The van der Waals surface area contributed by atoms with E-state index in [0.29, 0.717) is 12.1 Å². The Balaban J connectivity index is 1.64. The standard InChI is InChI=1S/C15H22N2/c1-12(13-5-3-2-4-6-13)16-15-11-17-9-7-14(15)8-10-17/h2-6,12,14-16H,7-11H2,1H3/t12?,15-/m1/s1. The first-order valence-electron chi connectivity index (χ1n) is 6.86. The van der Waals surface area contributed by atoms with Gasteiger partial charge in [0.05, 0.1) is 0 Å². The summed E-state index contributed by atoms with van der Waals surface area (Å²) in [6.07, 6.45) is 2.78. The quantitative estimate of drug-likeness (QED) is 0.858. The number of fused-ring (bicyclic) bond motifs is 3. The minimum atomic E-state index is 0.474. The van der Waals surface area contributed by atoms with E-state index in [1.807, 2.05) is 0 Å². The van der Waals surface area contributed by atoms with E-state index in [1.165, 1.54) is 38.0 Å². The van der Waals surface area contributed by atoms with Crippen molar-refractivity contribution in [3.8, 4) is 0 Å². The third kappa shape index (κ3) is 2.38. The van der Waals surface area contributed by atoms with Gasteiger partial charge in [0.1, 0.15) is 0 Å². The molecule has 0 aliphatic carbocycles. The lowest BCUT2D eigenvalue weighted by atomic mass is 9.83. The highest BCUT2D eigenvalue weighted by atomic mass is 15.2. The SMILES string of the molecule is CC(N[C@@H]1CN2CCC1CC2)c1ccccc1. The van der Waals surface area contributed by atoms with Gasteiger partial charge < -0.3 is 10.2 Å². The van der Waals surface area contributed by atoms with Gasteiger partial charge in [0.2, 0.25) is 0 Å². The number of nitrogens with one attached hydrogen (secondary N) is 1. The van der Waals surface area contributed by atoms with Gasteiger partial charge in [-0.2, -0.15) is 0 Å². The molecule has 1 unspecified atom stereocenters. The third-order valence-electron chi connectivity index (χ3n) is 4.42. The summed E-state index contributed by atoms with van der Waals surface area (Å²) in [5.74, 6) is 0.908. The molecule has 2 bridgehead atoms. The molecule has 4 rings (SSSR count). The van der Waals surface area contributed by atoms with Gasteiger partial charge in [0.25, 0.3) is 0 Å². The summed E-state index contributed by atoms with van der Waals surface area (Å²) in [6, 6.07) is 12.0. The monoisotopic (exact) mass is 230 g/mol. The summed E-state index contributed by atoms with van der Waals surface area (Å²) >= 11 is 0. The van der Waals surface area contributed by atoms with E-state index < -0.39 is 0 Å². The van der Waals surface area contributed by atoms with Gasteiger partial charge in [0, 0.05) is 18.6 Å². The molecule has 17 heavy (non-hydrogen) atoms. The zero-order chi connectivity index (χ0) is 11.7. The Labute approximate surface area is 104 Å². The fourth-order valence-corrected chi connectivity index (χ4v) is 3.31. The van der Waals surface area contributed by atoms with Crippen LogP contribution in [0.1, 0.15) is 31.4 Å². The molecule has 2 heteroatoms. The van der Waals surface area contributed by atoms with E-state index in [1.54, 1.807) is 0 Å². The fraction of sp³-hybridized carbons (Fsp3) is 0.600. The van der Waals surface area contributed by atoms with Crippen molar-refractivity contribution < 1.29 is 0 Å². The van der Waals surface area contributed by atoms with Crippen molar-refractivity contribution in [2.24, 2.45) is 5.92 Å². The highest BCUT2D eigenvalue weighted by Gasteiger charge is 2.34. The molecule has 3 aliphatic heterocycles. The zero-order valence-electron chi connectivity index (χ0n) is 10.6. The van der Waals surface area contributed by atoms with Crippen molar-refractivity contribution in [1.29, 1.82) is 0 Å². The van der Waals surface area contributed by atoms with Crippen LogP contribution in [0.25, 0.3) is 0 Å². The fourth-order valence-electron chi connectivity index (χ4n) is 3.31. The molecule has 0 amide bonds. The van der Waals surface area contributed by atoms with Crippen LogP contribution >= 0.6 is 0 Å². The van der Waals surface area contributed by atoms with E-state index in [0.717, 1.165) is 5.92 Å². The largest absolute Gasteiger partial charge is 0.306 e.